The van der Waals surface area contributed by atoms with Gasteiger partial charge in [-0.05, 0) is 35.5 Å². The van der Waals surface area contributed by atoms with Gasteiger partial charge in [0.1, 0.15) is 0 Å². The number of nitrogens with zero attached hydrogens (tertiary/aromatic N) is 4. The summed E-state index contributed by atoms with van der Waals surface area (Å²) in [6.07, 6.45) is 1.57. The predicted octanol–water partition coefficient (Wildman–Crippen LogP) is 0.571. The minimum atomic E-state index is 0.610. The van der Waals surface area contributed by atoms with Crippen LogP contribution in [-0.4, -0.2) is 41.0 Å². The van der Waals surface area contributed by atoms with E-state index in [2.05, 4.69) is 15.5 Å². The number of aryl methyl sites for hydroxylation is 1. The van der Waals surface area contributed by atoms with Crippen LogP contribution in [0.3, 0.4) is 0 Å². The van der Waals surface area contributed by atoms with E-state index in [1.54, 1.807) is 18.9 Å². The van der Waals surface area contributed by atoms with E-state index in [0.717, 1.165) is 24.4 Å². The summed E-state index contributed by atoms with van der Waals surface area (Å²) in [4.78, 5) is 0. The maximum Gasteiger partial charge on any atom is 0.162 e. The molecule has 0 radical (unpaired) electrons. The maximum atomic E-state index is 5.50. The minimum absolute atomic E-state index is 0.610. The molecule has 0 atom stereocenters. The molecule has 0 fully saturated rings. The Bertz CT molecular complexity index is 541. The van der Waals surface area contributed by atoms with Crippen molar-refractivity contribution >= 4 is 0 Å². The van der Waals surface area contributed by atoms with Gasteiger partial charge in [0.25, 0.3) is 0 Å². The number of hydrogen-bond acceptors (Lipinski definition) is 6. The number of hydrogen-bond donors (Lipinski definition) is 1. The second-order valence-electron chi connectivity index (χ2n) is 3.94. The lowest BCUT2D eigenvalue weighted by molar-refractivity contribution is 0.354. The number of ether oxygens (including phenoxy) is 2. The number of methoxy groups -OCH3 is 2. The lowest BCUT2D eigenvalue weighted by Gasteiger charge is -2.10. The third-order valence-electron chi connectivity index (χ3n) is 2.75. The number of rotatable bonds is 6. The molecule has 0 unspecified atom stereocenters. The van der Waals surface area contributed by atoms with Crippen LogP contribution in [0.1, 0.15) is 12.2 Å². The molecule has 0 bridgehead atoms. The Morgan fingerprint density at radius 1 is 1.21 bits per heavy atom. The van der Waals surface area contributed by atoms with Crippen LogP contribution in [-0.2, 0) is 6.42 Å². The summed E-state index contributed by atoms with van der Waals surface area (Å²) in [6, 6.07) is 5.54. The average Bonchev–Trinajstić information content (AvgIpc) is 2.92. The van der Waals surface area contributed by atoms with E-state index in [9.17, 15) is 0 Å². The van der Waals surface area contributed by atoms with Crippen LogP contribution in [0, 0.1) is 0 Å². The van der Waals surface area contributed by atoms with Crippen molar-refractivity contribution in [2.24, 2.45) is 5.73 Å². The first-order chi connectivity index (χ1) is 9.30. The van der Waals surface area contributed by atoms with Crippen molar-refractivity contribution in [1.82, 2.24) is 20.2 Å². The van der Waals surface area contributed by atoms with Gasteiger partial charge in [-0.15, -0.1) is 5.10 Å². The largest absolute Gasteiger partial charge is 0.493 e. The molecule has 0 aliphatic heterocycles. The third kappa shape index (κ3) is 2.82. The fourth-order valence-corrected chi connectivity index (χ4v) is 1.78. The van der Waals surface area contributed by atoms with Gasteiger partial charge >= 0.3 is 0 Å². The molecule has 102 valence electrons. The van der Waals surface area contributed by atoms with E-state index in [1.807, 2.05) is 18.2 Å². The molecule has 2 N–H and O–H groups in total. The van der Waals surface area contributed by atoms with Gasteiger partial charge in [-0.1, -0.05) is 0 Å². The van der Waals surface area contributed by atoms with Gasteiger partial charge in [-0.3, -0.25) is 0 Å². The van der Waals surface area contributed by atoms with E-state index in [1.165, 1.54) is 0 Å². The Kier molecular flexibility index (Phi) is 4.30. The van der Waals surface area contributed by atoms with Gasteiger partial charge in [-0.25, -0.2) is 0 Å². The van der Waals surface area contributed by atoms with Crippen LogP contribution in [0.2, 0.25) is 0 Å². The molecule has 2 rings (SSSR count). The van der Waals surface area contributed by atoms with Crippen LogP contribution in [0.15, 0.2) is 18.2 Å². The summed E-state index contributed by atoms with van der Waals surface area (Å²) in [6.45, 7) is 0.610. The first-order valence-corrected chi connectivity index (χ1v) is 6.00. The standard InChI is InChI=1S/C12H17N5O2/c1-18-10-6-5-9(8-11(10)19-2)17-12(4-3-7-13)14-15-16-17/h5-6,8H,3-4,7,13H2,1-2H3. The van der Waals surface area contributed by atoms with E-state index in [0.29, 0.717) is 18.0 Å². The quantitative estimate of drug-likeness (QED) is 0.819. The number of nitrogens with two attached hydrogens (primary N) is 1. The summed E-state index contributed by atoms with van der Waals surface area (Å²) in [5.41, 5.74) is 6.33. The highest BCUT2D eigenvalue weighted by molar-refractivity contribution is 5.48. The Morgan fingerprint density at radius 3 is 2.68 bits per heavy atom. The molecule has 0 saturated heterocycles. The monoisotopic (exact) mass is 263 g/mol. The molecule has 0 aliphatic carbocycles. The highest BCUT2D eigenvalue weighted by atomic mass is 16.5. The molecule has 0 amide bonds. The number of tetrazole rings is 1. The van der Waals surface area contributed by atoms with Crippen molar-refractivity contribution < 1.29 is 9.47 Å². The molecule has 7 nitrogen and oxygen atoms in total. The van der Waals surface area contributed by atoms with Crippen molar-refractivity contribution in [3.05, 3.63) is 24.0 Å². The summed E-state index contributed by atoms with van der Waals surface area (Å²) in [7, 11) is 3.19. The SMILES string of the molecule is COc1ccc(-n2nnnc2CCCN)cc1OC. The highest BCUT2D eigenvalue weighted by Gasteiger charge is 2.11. The van der Waals surface area contributed by atoms with Crippen LogP contribution in [0.5, 0.6) is 11.5 Å². The Hall–Kier alpha value is -2.15. The highest BCUT2D eigenvalue weighted by Crippen LogP contribution is 2.29. The average molecular weight is 263 g/mol. The summed E-state index contributed by atoms with van der Waals surface area (Å²) >= 11 is 0. The van der Waals surface area contributed by atoms with Crippen LogP contribution < -0.4 is 15.2 Å². The van der Waals surface area contributed by atoms with E-state index in [4.69, 9.17) is 15.2 Å². The van der Waals surface area contributed by atoms with Crippen molar-refractivity contribution in [3.63, 3.8) is 0 Å². The van der Waals surface area contributed by atoms with Crippen LogP contribution in [0.4, 0.5) is 0 Å². The summed E-state index contributed by atoms with van der Waals surface area (Å²) < 4.78 is 12.1. The lowest BCUT2D eigenvalue weighted by Crippen LogP contribution is -2.07. The van der Waals surface area contributed by atoms with E-state index in [-0.39, 0.29) is 0 Å². The van der Waals surface area contributed by atoms with Gasteiger partial charge in [-0.2, -0.15) is 4.68 Å². The van der Waals surface area contributed by atoms with Gasteiger partial charge < -0.3 is 15.2 Å². The first kappa shape index (κ1) is 13.3. The normalized spacial score (nSPS) is 10.5. The summed E-state index contributed by atoms with van der Waals surface area (Å²) in [5, 5.41) is 11.7. The smallest absolute Gasteiger partial charge is 0.162 e. The minimum Gasteiger partial charge on any atom is -0.493 e. The van der Waals surface area contributed by atoms with E-state index >= 15 is 0 Å². The van der Waals surface area contributed by atoms with Gasteiger partial charge in [0.05, 0.1) is 19.9 Å². The third-order valence-corrected chi connectivity index (χ3v) is 2.75. The molecule has 2 aromatic rings. The molecule has 1 aromatic heterocycles. The zero-order chi connectivity index (χ0) is 13.7. The molecule has 19 heavy (non-hydrogen) atoms. The van der Waals surface area contributed by atoms with Crippen molar-refractivity contribution in [2.75, 3.05) is 20.8 Å². The Labute approximate surface area is 111 Å². The van der Waals surface area contributed by atoms with Crippen LogP contribution in [0.25, 0.3) is 5.69 Å². The molecule has 7 heteroatoms. The molecule has 0 spiro atoms. The molecule has 0 saturated carbocycles. The molecule has 0 aliphatic rings. The van der Waals surface area contributed by atoms with Crippen molar-refractivity contribution in [1.29, 1.82) is 0 Å². The predicted molar refractivity (Wildman–Crippen MR) is 69.6 cm³/mol. The fraction of sp³-hybridized carbons (Fsp3) is 0.417. The molecular weight excluding hydrogens is 246 g/mol. The second-order valence-corrected chi connectivity index (χ2v) is 3.94. The zero-order valence-corrected chi connectivity index (χ0v) is 11.0. The topological polar surface area (TPSA) is 88.1 Å². The second kappa shape index (κ2) is 6.14. The zero-order valence-electron chi connectivity index (χ0n) is 11.0. The van der Waals surface area contributed by atoms with Gasteiger partial charge in [0.15, 0.2) is 17.3 Å². The van der Waals surface area contributed by atoms with Crippen molar-refractivity contribution in [2.45, 2.75) is 12.8 Å². The molecule has 1 aromatic carbocycles. The maximum absolute atomic E-state index is 5.50. The van der Waals surface area contributed by atoms with Gasteiger partial charge in [0.2, 0.25) is 0 Å². The number of benzene rings is 1. The van der Waals surface area contributed by atoms with E-state index < -0.39 is 0 Å². The Morgan fingerprint density at radius 2 is 2.00 bits per heavy atom. The van der Waals surface area contributed by atoms with Crippen LogP contribution >= 0.6 is 0 Å². The fourth-order valence-electron chi connectivity index (χ4n) is 1.78. The molecular formula is C12H17N5O2. The van der Waals surface area contributed by atoms with Gasteiger partial charge in [0, 0.05) is 12.5 Å². The lowest BCUT2D eigenvalue weighted by atomic mass is 10.2. The van der Waals surface area contributed by atoms with Crippen molar-refractivity contribution in [3.8, 4) is 17.2 Å². The summed E-state index contributed by atoms with van der Waals surface area (Å²) in [5.74, 6) is 2.08. The number of aromatic nitrogens is 4. The first-order valence-electron chi connectivity index (χ1n) is 6.00. The molecule has 1 heterocycles. The Balaban J connectivity index is 2.33.